The zero-order valence-corrected chi connectivity index (χ0v) is 11.9. The van der Waals surface area contributed by atoms with E-state index in [1.165, 1.54) is 38.5 Å². The molecule has 1 aromatic rings. The Morgan fingerprint density at radius 1 is 1.15 bits per heavy atom. The molecule has 1 aromatic heterocycles. The Morgan fingerprint density at radius 3 is 2.65 bits per heavy atom. The van der Waals surface area contributed by atoms with Gasteiger partial charge in [0.15, 0.2) is 0 Å². The fourth-order valence-electron chi connectivity index (χ4n) is 3.41. The number of H-pyrrole nitrogens is 1. The van der Waals surface area contributed by atoms with Crippen LogP contribution in [0.15, 0.2) is 18.3 Å². The molecular formula is C16H24N2O2. The van der Waals surface area contributed by atoms with Crippen LogP contribution in [0.3, 0.4) is 0 Å². The first-order valence-corrected chi connectivity index (χ1v) is 7.92. The van der Waals surface area contributed by atoms with Gasteiger partial charge in [0.25, 0.3) is 5.91 Å². The molecule has 2 atom stereocenters. The van der Waals surface area contributed by atoms with Crippen LogP contribution >= 0.6 is 0 Å². The van der Waals surface area contributed by atoms with Gasteiger partial charge in [0.2, 0.25) is 0 Å². The standard InChI is InChI=1S/C16H24N2O2/c19-16(14-9-5-11-17-14)18-13-8-3-4-10-15(13)20-12-6-1-2-7-12/h5,9,11-13,15,17H,1-4,6-8,10H2,(H,18,19)/t13-,15+/m1/s1. The number of ether oxygens (including phenoxy) is 1. The molecule has 4 nitrogen and oxygen atoms in total. The number of nitrogens with one attached hydrogen (secondary N) is 2. The minimum atomic E-state index is -0.0121. The Bertz CT molecular complexity index is 424. The van der Waals surface area contributed by atoms with Gasteiger partial charge in [-0.1, -0.05) is 25.7 Å². The Balaban J connectivity index is 1.58. The fourth-order valence-corrected chi connectivity index (χ4v) is 3.41. The topological polar surface area (TPSA) is 54.1 Å². The summed E-state index contributed by atoms with van der Waals surface area (Å²) in [6.45, 7) is 0. The average Bonchev–Trinajstić information content (AvgIpc) is 3.13. The predicted molar refractivity (Wildman–Crippen MR) is 77.6 cm³/mol. The van der Waals surface area contributed by atoms with Gasteiger partial charge in [-0.3, -0.25) is 4.79 Å². The lowest BCUT2D eigenvalue weighted by Gasteiger charge is -2.34. The first kappa shape index (κ1) is 13.7. The Morgan fingerprint density at radius 2 is 1.90 bits per heavy atom. The number of hydrogen-bond donors (Lipinski definition) is 2. The summed E-state index contributed by atoms with van der Waals surface area (Å²) in [5.41, 5.74) is 0.634. The van der Waals surface area contributed by atoms with Crippen LogP contribution < -0.4 is 5.32 Å². The second kappa shape index (κ2) is 6.44. The first-order chi connectivity index (χ1) is 9.83. The highest BCUT2D eigenvalue weighted by atomic mass is 16.5. The molecule has 1 heterocycles. The minimum absolute atomic E-state index is 0.0121. The summed E-state index contributed by atoms with van der Waals surface area (Å²) in [5, 5.41) is 3.15. The quantitative estimate of drug-likeness (QED) is 0.888. The summed E-state index contributed by atoms with van der Waals surface area (Å²) in [6.07, 6.45) is 11.9. The van der Waals surface area contributed by atoms with Crippen molar-refractivity contribution in [1.29, 1.82) is 0 Å². The maximum Gasteiger partial charge on any atom is 0.267 e. The number of carbonyl (C=O) groups excluding carboxylic acids is 1. The highest BCUT2D eigenvalue weighted by Crippen LogP contribution is 2.28. The van der Waals surface area contributed by atoms with Gasteiger partial charge in [-0.25, -0.2) is 0 Å². The summed E-state index contributed by atoms with van der Waals surface area (Å²) in [7, 11) is 0. The number of aromatic amines is 1. The van der Waals surface area contributed by atoms with Crippen LogP contribution in [0.1, 0.15) is 61.9 Å². The number of amides is 1. The summed E-state index contributed by atoms with van der Waals surface area (Å²) in [6, 6.07) is 3.83. The van der Waals surface area contributed by atoms with Crippen molar-refractivity contribution >= 4 is 5.91 Å². The molecule has 20 heavy (non-hydrogen) atoms. The molecule has 0 aromatic carbocycles. The van der Waals surface area contributed by atoms with Crippen molar-refractivity contribution in [1.82, 2.24) is 10.3 Å². The molecular weight excluding hydrogens is 252 g/mol. The van der Waals surface area contributed by atoms with Crippen LogP contribution in [0.4, 0.5) is 0 Å². The first-order valence-electron chi connectivity index (χ1n) is 7.92. The second-order valence-electron chi connectivity index (χ2n) is 6.03. The number of hydrogen-bond acceptors (Lipinski definition) is 2. The van der Waals surface area contributed by atoms with Gasteiger partial charge in [0, 0.05) is 6.20 Å². The van der Waals surface area contributed by atoms with Gasteiger partial charge in [-0.15, -0.1) is 0 Å². The van der Waals surface area contributed by atoms with E-state index in [-0.39, 0.29) is 18.1 Å². The maximum atomic E-state index is 12.2. The minimum Gasteiger partial charge on any atom is -0.373 e. The molecule has 2 aliphatic rings. The Hall–Kier alpha value is -1.29. The average molecular weight is 276 g/mol. The van der Waals surface area contributed by atoms with E-state index in [1.807, 2.05) is 12.1 Å². The third-order valence-corrected chi connectivity index (χ3v) is 4.53. The van der Waals surface area contributed by atoms with Gasteiger partial charge in [0.05, 0.1) is 18.2 Å². The molecule has 2 aliphatic carbocycles. The largest absolute Gasteiger partial charge is 0.373 e. The lowest BCUT2D eigenvalue weighted by Crippen LogP contribution is -2.47. The van der Waals surface area contributed by atoms with Crippen molar-refractivity contribution in [2.45, 2.75) is 69.6 Å². The van der Waals surface area contributed by atoms with E-state index < -0.39 is 0 Å². The van der Waals surface area contributed by atoms with Crippen molar-refractivity contribution in [2.75, 3.05) is 0 Å². The van der Waals surface area contributed by atoms with Crippen molar-refractivity contribution in [3.63, 3.8) is 0 Å². The molecule has 0 spiro atoms. The number of carbonyl (C=O) groups is 1. The lowest BCUT2D eigenvalue weighted by molar-refractivity contribution is -0.0419. The monoisotopic (exact) mass is 276 g/mol. The van der Waals surface area contributed by atoms with Crippen LogP contribution in [-0.4, -0.2) is 29.1 Å². The van der Waals surface area contributed by atoms with E-state index in [9.17, 15) is 4.79 Å². The van der Waals surface area contributed by atoms with Crippen molar-refractivity contribution < 1.29 is 9.53 Å². The van der Waals surface area contributed by atoms with E-state index >= 15 is 0 Å². The number of aromatic nitrogens is 1. The van der Waals surface area contributed by atoms with Crippen LogP contribution in [0.25, 0.3) is 0 Å². The number of rotatable bonds is 4. The van der Waals surface area contributed by atoms with E-state index in [4.69, 9.17) is 4.74 Å². The zero-order chi connectivity index (χ0) is 13.8. The van der Waals surface area contributed by atoms with E-state index in [2.05, 4.69) is 10.3 Å². The molecule has 0 unspecified atom stereocenters. The highest BCUT2D eigenvalue weighted by molar-refractivity contribution is 5.92. The maximum absolute atomic E-state index is 12.2. The second-order valence-corrected chi connectivity index (χ2v) is 6.03. The third kappa shape index (κ3) is 3.23. The molecule has 2 saturated carbocycles. The zero-order valence-electron chi connectivity index (χ0n) is 11.9. The molecule has 0 radical (unpaired) electrons. The predicted octanol–water partition coefficient (Wildman–Crippen LogP) is 3.01. The summed E-state index contributed by atoms with van der Waals surface area (Å²) < 4.78 is 6.26. The summed E-state index contributed by atoms with van der Waals surface area (Å²) >= 11 is 0. The Kier molecular flexibility index (Phi) is 4.41. The van der Waals surface area contributed by atoms with Crippen molar-refractivity contribution in [2.24, 2.45) is 0 Å². The van der Waals surface area contributed by atoms with Gasteiger partial charge < -0.3 is 15.0 Å². The molecule has 2 N–H and O–H groups in total. The van der Waals surface area contributed by atoms with Gasteiger partial charge in [0.1, 0.15) is 5.69 Å². The van der Waals surface area contributed by atoms with Crippen LogP contribution in [0.2, 0.25) is 0 Å². The lowest BCUT2D eigenvalue weighted by atomic mass is 9.92. The van der Waals surface area contributed by atoms with E-state index in [1.54, 1.807) is 6.20 Å². The molecule has 0 bridgehead atoms. The van der Waals surface area contributed by atoms with E-state index in [0.717, 1.165) is 12.8 Å². The normalized spacial score (nSPS) is 27.6. The fraction of sp³-hybridized carbons (Fsp3) is 0.688. The molecule has 2 fully saturated rings. The molecule has 0 saturated heterocycles. The molecule has 1 amide bonds. The van der Waals surface area contributed by atoms with Crippen molar-refractivity contribution in [3.05, 3.63) is 24.0 Å². The molecule has 0 aliphatic heterocycles. The van der Waals surface area contributed by atoms with Gasteiger partial charge in [-0.2, -0.15) is 0 Å². The van der Waals surface area contributed by atoms with Gasteiger partial charge in [-0.05, 0) is 37.8 Å². The van der Waals surface area contributed by atoms with Crippen LogP contribution in [0, 0.1) is 0 Å². The van der Waals surface area contributed by atoms with Gasteiger partial charge >= 0.3 is 0 Å². The Labute approximate surface area is 120 Å². The van der Waals surface area contributed by atoms with Crippen LogP contribution in [0.5, 0.6) is 0 Å². The smallest absolute Gasteiger partial charge is 0.267 e. The summed E-state index contributed by atoms with van der Waals surface area (Å²) in [4.78, 5) is 15.1. The van der Waals surface area contributed by atoms with Crippen molar-refractivity contribution in [3.8, 4) is 0 Å². The third-order valence-electron chi connectivity index (χ3n) is 4.53. The summed E-state index contributed by atoms with van der Waals surface area (Å²) in [5.74, 6) is -0.0121. The molecule has 4 heteroatoms. The highest BCUT2D eigenvalue weighted by Gasteiger charge is 2.30. The molecule has 3 rings (SSSR count). The van der Waals surface area contributed by atoms with Crippen LogP contribution in [-0.2, 0) is 4.74 Å². The van der Waals surface area contributed by atoms with E-state index in [0.29, 0.717) is 11.8 Å². The SMILES string of the molecule is O=C(N[C@@H]1CCCC[C@@H]1OC1CCCC1)c1ccc[nH]1. The molecule has 110 valence electrons.